The van der Waals surface area contributed by atoms with E-state index in [4.69, 9.17) is 28.6 Å². The molecule has 1 saturated heterocycles. The summed E-state index contributed by atoms with van der Waals surface area (Å²) >= 11 is 11.4. The van der Waals surface area contributed by atoms with Crippen LogP contribution in [0.25, 0.3) is 6.08 Å². The lowest BCUT2D eigenvalue weighted by molar-refractivity contribution is -0.147. The van der Waals surface area contributed by atoms with Crippen LogP contribution in [-0.4, -0.2) is 53.5 Å². The topological polar surface area (TPSA) is 87.7 Å². The molecule has 0 spiro atoms. The summed E-state index contributed by atoms with van der Waals surface area (Å²) in [5.74, 6) is -1.29. The predicted molar refractivity (Wildman–Crippen MR) is 135 cm³/mol. The van der Waals surface area contributed by atoms with Crippen molar-refractivity contribution in [2.24, 2.45) is 0 Å². The number of amides is 2. The molecule has 1 aliphatic heterocycles. The molecule has 2 amide bonds. The summed E-state index contributed by atoms with van der Waals surface area (Å²) in [6.45, 7) is 0.980. The summed E-state index contributed by atoms with van der Waals surface area (Å²) in [6, 6.07) is 16.2. The van der Waals surface area contributed by atoms with E-state index < -0.39 is 17.9 Å². The average molecular weight is 500 g/mol. The van der Waals surface area contributed by atoms with E-state index in [1.165, 1.54) is 11.6 Å². The van der Waals surface area contributed by atoms with Crippen LogP contribution in [0.5, 0.6) is 0 Å². The number of aryl methyl sites for hydroxylation is 1. The number of hydrogen-bond acceptors (Lipinski definition) is 5. The molecule has 2 aromatic rings. The van der Waals surface area contributed by atoms with Gasteiger partial charge in [-0.1, -0.05) is 60.1 Å². The van der Waals surface area contributed by atoms with Crippen molar-refractivity contribution in [2.45, 2.75) is 25.3 Å². The number of piperazine rings is 1. The van der Waals surface area contributed by atoms with Crippen LogP contribution in [-0.2, 0) is 25.5 Å². The lowest BCUT2D eigenvalue weighted by Gasteiger charge is -2.36. The first-order chi connectivity index (χ1) is 16.4. The molecule has 3 rings (SSSR count). The maximum atomic E-state index is 12.4. The average Bonchev–Trinajstić information content (AvgIpc) is 2.83. The second-order valence-electron chi connectivity index (χ2n) is 7.66. The molecule has 9 heteroatoms. The van der Waals surface area contributed by atoms with Crippen molar-refractivity contribution in [1.29, 1.82) is 0 Å². The van der Waals surface area contributed by atoms with Gasteiger partial charge in [-0.15, -0.1) is 0 Å². The summed E-state index contributed by atoms with van der Waals surface area (Å²) < 4.78 is 5.32. The van der Waals surface area contributed by atoms with E-state index in [0.717, 1.165) is 6.42 Å². The standard InChI is InChI=1S/C25H26ClN3O4S/c26-20-11-5-4-10-19(20)12-13-22(30)28-25(34)29-15-14-27-24(32)21(29)17-23(31)33-16-6-9-18-7-2-1-3-8-18/h1-5,7-8,10-13,21H,6,9,14-17H2,(H,27,32)(H,28,30,34)/b13-12+. The molecule has 2 aromatic carbocycles. The quantitative estimate of drug-likeness (QED) is 0.251. The van der Waals surface area contributed by atoms with Crippen LogP contribution in [0.2, 0.25) is 5.02 Å². The number of hydrogen-bond donors (Lipinski definition) is 2. The van der Waals surface area contributed by atoms with Crippen LogP contribution >= 0.6 is 23.8 Å². The van der Waals surface area contributed by atoms with Crippen molar-refractivity contribution < 1.29 is 19.1 Å². The highest BCUT2D eigenvalue weighted by Gasteiger charge is 2.34. The zero-order chi connectivity index (χ0) is 24.3. The monoisotopic (exact) mass is 499 g/mol. The number of esters is 1. The van der Waals surface area contributed by atoms with Crippen molar-refractivity contribution >= 4 is 52.8 Å². The zero-order valence-electron chi connectivity index (χ0n) is 18.5. The molecule has 1 unspecified atom stereocenters. The van der Waals surface area contributed by atoms with Gasteiger partial charge in [0.05, 0.1) is 13.0 Å². The van der Waals surface area contributed by atoms with Gasteiger partial charge in [0.15, 0.2) is 5.11 Å². The largest absolute Gasteiger partial charge is 0.466 e. The smallest absolute Gasteiger partial charge is 0.308 e. The van der Waals surface area contributed by atoms with Crippen molar-refractivity contribution in [1.82, 2.24) is 15.5 Å². The summed E-state index contributed by atoms with van der Waals surface area (Å²) in [7, 11) is 0. The van der Waals surface area contributed by atoms with Gasteiger partial charge in [0, 0.05) is 24.2 Å². The van der Waals surface area contributed by atoms with Crippen LogP contribution in [0.4, 0.5) is 0 Å². The fourth-order valence-corrected chi connectivity index (χ4v) is 4.00. The van der Waals surface area contributed by atoms with E-state index in [2.05, 4.69) is 10.6 Å². The first kappa shape index (κ1) is 25.4. The molecule has 0 aromatic heterocycles. The Bertz CT molecular complexity index is 1060. The Morgan fingerprint density at radius 3 is 2.68 bits per heavy atom. The Labute approximate surface area is 209 Å². The Hall–Kier alpha value is -3.23. The highest BCUT2D eigenvalue weighted by atomic mass is 35.5. The Kier molecular flexibility index (Phi) is 9.61. The van der Waals surface area contributed by atoms with Gasteiger partial charge in [0.25, 0.3) is 0 Å². The maximum absolute atomic E-state index is 12.4. The molecular formula is C25H26ClN3O4S. The molecular weight excluding hydrogens is 474 g/mol. The van der Waals surface area contributed by atoms with E-state index in [1.807, 2.05) is 36.4 Å². The number of halogens is 1. The third kappa shape index (κ3) is 7.67. The molecule has 0 saturated carbocycles. The molecule has 1 aliphatic rings. The second-order valence-corrected chi connectivity index (χ2v) is 8.46. The molecule has 2 N–H and O–H groups in total. The third-order valence-corrected chi connectivity index (χ3v) is 5.90. The first-order valence-electron chi connectivity index (χ1n) is 11.0. The molecule has 7 nitrogen and oxygen atoms in total. The minimum Gasteiger partial charge on any atom is -0.466 e. The summed E-state index contributed by atoms with van der Waals surface area (Å²) in [5.41, 5.74) is 1.86. The second kappa shape index (κ2) is 12.9. The molecule has 1 heterocycles. The summed E-state index contributed by atoms with van der Waals surface area (Å²) in [4.78, 5) is 38.7. The Morgan fingerprint density at radius 2 is 1.91 bits per heavy atom. The summed E-state index contributed by atoms with van der Waals surface area (Å²) in [6.07, 6.45) is 4.20. The van der Waals surface area contributed by atoms with Crippen molar-refractivity contribution in [3.8, 4) is 0 Å². The number of rotatable bonds is 8. The van der Waals surface area contributed by atoms with E-state index >= 15 is 0 Å². The van der Waals surface area contributed by atoms with Gasteiger partial charge < -0.3 is 15.0 Å². The van der Waals surface area contributed by atoms with E-state index in [1.54, 1.807) is 29.2 Å². The molecule has 0 bridgehead atoms. The van der Waals surface area contributed by atoms with Crippen molar-refractivity contribution in [2.75, 3.05) is 19.7 Å². The highest BCUT2D eigenvalue weighted by Crippen LogP contribution is 2.16. The molecule has 34 heavy (non-hydrogen) atoms. The van der Waals surface area contributed by atoms with Crippen LogP contribution in [0, 0.1) is 0 Å². The minimum atomic E-state index is -0.851. The van der Waals surface area contributed by atoms with Crippen LogP contribution < -0.4 is 10.6 Å². The lowest BCUT2D eigenvalue weighted by Crippen LogP contribution is -2.60. The number of benzene rings is 2. The normalized spacial score (nSPS) is 15.6. The predicted octanol–water partition coefficient (Wildman–Crippen LogP) is 3.12. The van der Waals surface area contributed by atoms with Gasteiger partial charge in [-0.3, -0.25) is 19.7 Å². The number of carbonyl (C=O) groups excluding carboxylic acids is 3. The maximum Gasteiger partial charge on any atom is 0.308 e. The fourth-order valence-electron chi connectivity index (χ4n) is 3.48. The number of thiocarbonyl (C=S) groups is 1. The third-order valence-electron chi connectivity index (χ3n) is 5.22. The molecule has 1 atom stereocenters. The lowest BCUT2D eigenvalue weighted by atomic mass is 10.1. The minimum absolute atomic E-state index is 0.0746. The van der Waals surface area contributed by atoms with Gasteiger partial charge in [-0.25, -0.2) is 0 Å². The van der Waals surface area contributed by atoms with Crippen molar-refractivity contribution in [3.63, 3.8) is 0 Å². The van der Waals surface area contributed by atoms with Crippen LogP contribution in [0.3, 0.4) is 0 Å². The van der Waals surface area contributed by atoms with Crippen molar-refractivity contribution in [3.05, 3.63) is 76.8 Å². The van der Waals surface area contributed by atoms with Gasteiger partial charge in [0.2, 0.25) is 11.8 Å². The number of nitrogens with zero attached hydrogens (tertiary/aromatic N) is 1. The highest BCUT2D eigenvalue weighted by molar-refractivity contribution is 7.80. The Balaban J connectivity index is 1.50. The molecule has 178 valence electrons. The van der Waals surface area contributed by atoms with E-state index in [9.17, 15) is 14.4 Å². The number of nitrogens with one attached hydrogen (secondary N) is 2. The van der Waals surface area contributed by atoms with Gasteiger partial charge in [-0.05, 0) is 48.3 Å². The number of ether oxygens (including phenoxy) is 1. The molecule has 1 fully saturated rings. The van der Waals surface area contributed by atoms with Crippen LogP contribution in [0.15, 0.2) is 60.7 Å². The summed E-state index contributed by atoms with van der Waals surface area (Å²) in [5, 5.41) is 5.91. The van der Waals surface area contributed by atoms with E-state index in [-0.39, 0.29) is 24.0 Å². The van der Waals surface area contributed by atoms with E-state index in [0.29, 0.717) is 30.1 Å². The molecule has 0 radical (unpaired) electrons. The van der Waals surface area contributed by atoms with Gasteiger partial charge >= 0.3 is 5.97 Å². The van der Waals surface area contributed by atoms with Gasteiger partial charge in [0.1, 0.15) is 6.04 Å². The number of carbonyl (C=O) groups is 3. The van der Waals surface area contributed by atoms with Gasteiger partial charge in [-0.2, -0.15) is 0 Å². The van der Waals surface area contributed by atoms with Crippen LogP contribution in [0.1, 0.15) is 24.0 Å². The molecule has 0 aliphatic carbocycles. The Morgan fingerprint density at radius 1 is 1.18 bits per heavy atom. The fraction of sp³-hybridized carbons (Fsp3) is 0.280. The first-order valence-corrected chi connectivity index (χ1v) is 11.7. The SMILES string of the molecule is O=C(/C=C/c1ccccc1Cl)NC(=S)N1CCNC(=O)C1CC(=O)OCCCc1ccccc1. The zero-order valence-corrected chi connectivity index (χ0v) is 20.1.